The molecule has 0 aromatic heterocycles. The average molecular weight is 360 g/mol. The van der Waals surface area contributed by atoms with Gasteiger partial charge >= 0.3 is 11.9 Å². The number of ether oxygens (including phenoxy) is 3. The molecular formula is C21H28O5. The van der Waals surface area contributed by atoms with Crippen LogP contribution in [0.3, 0.4) is 0 Å². The molecule has 0 aliphatic heterocycles. The van der Waals surface area contributed by atoms with Crippen molar-refractivity contribution in [2.24, 2.45) is 0 Å². The first-order valence-electron chi connectivity index (χ1n) is 9.09. The molecule has 1 saturated carbocycles. The maximum absolute atomic E-state index is 12.7. The summed E-state index contributed by atoms with van der Waals surface area (Å²) in [5, 5.41) is 0. The molecule has 0 amide bonds. The predicted octanol–water partition coefficient (Wildman–Crippen LogP) is 3.91. The van der Waals surface area contributed by atoms with Gasteiger partial charge in [0.05, 0.1) is 6.42 Å². The highest BCUT2D eigenvalue weighted by Crippen LogP contribution is 2.44. The Labute approximate surface area is 155 Å². The summed E-state index contributed by atoms with van der Waals surface area (Å²) in [5.41, 5.74) is 0.460. The Morgan fingerprint density at radius 2 is 2.00 bits per heavy atom. The van der Waals surface area contributed by atoms with Crippen molar-refractivity contribution in [3.05, 3.63) is 48.0 Å². The van der Waals surface area contributed by atoms with Crippen LogP contribution in [-0.4, -0.2) is 31.3 Å². The molecule has 1 fully saturated rings. The maximum Gasteiger partial charge on any atom is 0.333 e. The molecule has 1 aromatic carbocycles. The Kier molecular flexibility index (Phi) is 6.98. The fraction of sp³-hybridized carbons (Fsp3) is 0.524. The van der Waals surface area contributed by atoms with E-state index in [0.29, 0.717) is 18.4 Å². The van der Waals surface area contributed by atoms with Crippen LogP contribution < -0.4 is 0 Å². The lowest BCUT2D eigenvalue weighted by Crippen LogP contribution is -2.41. The van der Waals surface area contributed by atoms with Crippen LogP contribution in [0, 0.1) is 0 Å². The zero-order chi connectivity index (χ0) is 19.2. The first-order chi connectivity index (χ1) is 12.4. The molecule has 1 aliphatic rings. The molecule has 0 radical (unpaired) electrons. The molecule has 142 valence electrons. The summed E-state index contributed by atoms with van der Waals surface area (Å²) >= 11 is 0. The number of esters is 2. The van der Waals surface area contributed by atoms with Crippen LogP contribution >= 0.6 is 0 Å². The van der Waals surface area contributed by atoms with Gasteiger partial charge in [0, 0.05) is 12.7 Å². The molecule has 3 unspecified atom stereocenters. The Balaban J connectivity index is 2.14. The quantitative estimate of drug-likeness (QED) is 0.519. The highest BCUT2D eigenvalue weighted by atomic mass is 16.6. The summed E-state index contributed by atoms with van der Waals surface area (Å²) in [4.78, 5) is 24.4. The van der Waals surface area contributed by atoms with Gasteiger partial charge < -0.3 is 14.2 Å². The maximum atomic E-state index is 12.7. The van der Waals surface area contributed by atoms with Crippen molar-refractivity contribution in [3.63, 3.8) is 0 Å². The Morgan fingerprint density at radius 3 is 2.58 bits per heavy atom. The van der Waals surface area contributed by atoms with Crippen molar-refractivity contribution in [1.29, 1.82) is 0 Å². The van der Waals surface area contributed by atoms with Crippen molar-refractivity contribution in [1.82, 2.24) is 0 Å². The molecule has 2 rings (SSSR count). The number of rotatable bonds is 8. The van der Waals surface area contributed by atoms with Crippen LogP contribution in [0.2, 0.25) is 0 Å². The normalized spacial score (nSPS) is 23.3. The van der Waals surface area contributed by atoms with E-state index >= 15 is 0 Å². The smallest absolute Gasteiger partial charge is 0.333 e. The SMILES string of the molecule is C=C(C)C(=O)OC(CC)CC(=O)OC1(c2ccccc2)CCCC1OC. The van der Waals surface area contributed by atoms with Crippen molar-refractivity contribution < 1.29 is 23.8 Å². The standard InChI is InChI=1S/C21H28O5/c1-5-17(25-20(23)15(2)3)14-19(22)26-21(13-9-12-18(21)24-4)16-10-7-6-8-11-16/h6-8,10-11,17-18H,2,5,9,12-14H2,1,3-4H3. The van der Waals surface area contributed by atoms with E-state index in [4.69, 9.17) is 14.2 Å². The van der Waals surface area contributed by atoms with Gasteiger partial charge in [-0.1, -0.05) is 43.8 Å². The van der Waals surface area contributed by atoms with Gasteiger partial charge in [-0.25, -0.2) is 4.79 Å². The first-order valence-corrected chi connectivity index (χ1v) is 9.09. The van der Waals surface area contributed by atoms with Gasteiger partial charge in [0.2, 0.25) is 0 Å². The lowest BCUT2D eigenvalue weighted by Gasteiger charge is -2.35. The molecule has 3 atom stereocenters. The van der Waals surface area contributed by atoms with E-state index in [1.807, 2.05) is 37.3 Å². The lowest BCUT2D eigenvalue weighted by atomic mass is 9.89. The molecule has 0 N–H and O–H groups in total. The lowest BCUT2D eigenvalue weighted by molar-refractivity contribution is -0.178. The zero-order valence-corrected chi connectivity index (χ0v) is 15.8. The van der Waals surface area contributed by atoms with Crippen LogP contribution in [0.5, 0.6) is 0 Å². The summed E-state index contributed by atoms with van der Waals surface area (Å²) in [5.74, 6) is -0.878. The zero-order valence-electron chi connectivity index (χ0n) is 15.8. The van der Waals surface area contributed by atoms with Crippen molar-refractivity contribution in [3.8, 4) is 0 Å². The van der Waals surface area contributed by atoms with Crippen LogP contribution in [0.25, 0.3) is 0 Å². The second-order valence-electron chi connectivity index (χ2n) is 6.77. The number of hydrogen-bond acceptors (Lipinski definition) is 5. The van der Waals surface area contributed by atoms with E-state index < -0.39 is 17.7 Å². The van der Waals surface area contributed by atoms with Gasteiger partial charge in [-0.15, -0.1) is 0 Å². The Bertz CT molecular complexity index is 639. The van der Waals surface area contributed by atoms with E-state index in [0.717, 1.165) is 18.4 Å². The average Bonchev–Trinajstić information content (AvgIpc) is 3.05. The largest absolute Gasteiger partial charge is 0.458 e. The monoisotopic (exact) mass is 360 g/mol. The molecule has 5 heteroatoms. The minimum Gasteiger partial charge on any atom is -0.458 e. The number of benzene rings is 1. The molecule has 1 aromatic rings. The number of carbonyl (C=O) groups is 2. The van der Waals surface area contributed by atoms with E-state index in [9.17, 15) is 9.59 Å². The van der Waals surface area contributed by atoms with Gasteiger partial charge in [-0.3, -0.25) is 4.79 Å². The molecule has 0 saturated heterocycles. The summed E-state index contributed by atoms with van der Waals surface area (Å²) in [6.45, 7) is 7.02. The minimum atomic E-state index is -0.788. The minimum absolute atomic E-state index is 0.0144. The van der Waals surface area contributed by atoms with E-state index in [-0.39, 0.29) is 18.5 Å². The van der Waals surface area contributed by atoms with Gasteiger partial charge in [-0.2, -0.15) is 0 Å². The van der Waals surface area contributed by atoms with E-state index in [1.54, 1.807) is 14.0 Å². The molecule has 1 aliphatic carbocycles. The Morgan fingerprint density at radius 1 is 1.31 bits per heavy atom. The van der Waals surface area contributed by atoms with Gasteiger partial charge in [0.1, 0.15) is 12.2 Å². The summed E-state index contributed by atoms with van der Waals surface area (Å²) in [7, 11) is 1.64. The van der Waals surface area contributed by atoms with Crippen LogP contribution in [-0.2, 0) is 29.4 Å². The van der Waals surface area contributed by atoms with Gasteiger partial charge in [0.15, 0.2) is 5.60 Å². The van der Waals surface area contributed by atoms with Crippen molar-refractivity contribution >= 4 is 11.9 Å². The van der Waals surface area contributed by atoms with Gasteiger partial charge in [-0.05, 0) is 38.2 Å². The van der Waals surface area contributed by atoms with Crippen LogP contribution in [0.1, 0.15) is 51.5 Å². The fourth-order valence-corrected chi connectivity index (χ4v) is 3.43. The third kappa shape index (κ3) is 4.52. The van der Waals surface area contributed by atoms with Crippen molar-refractivity contribution in [2.75, 3.05) is 7.11 Å². The van der Waals surface area contributed by atoms with E-state index in [2.05, 4.69) is 6.58 Å². The molecule has 0 heterocycles. The second kappa shape index (κ2) is 8.99. The Hall–Kier alpha value is -2.14. The molecule has 0 spiro atoms. The second-order valence-corrected chi connectivity index (χ2v) is 6.77. The predicted molar refractivity (Wildman–Crippen MR) is 98.5 cm³/mol. The fourth-order valence-electron chi connectivity index (χ4n) is 3.43. The summed E-state index contributed by atoms with van der Waals surface area (Å²) in [6, 6.07) is 9.71. The first kappa shape index (κ1) is 20.2. The van der Waals surface area contributed by atoms with Crippen molar-refractivity contribution in [2.45, 2.75) is 63.8 Å². The van der Waals surface area contributed by atoms with Gasteiger partial charge in [0.25, 0.3) is 0 Å². The topological polar surface area (TPSA) is 61.8 Å². The summed E-state index contributed by atoms with van der Waals surface area (Å²) in [6.07, 6.45) is 2.29. The summed E-state index contributed by atoms with van der Waals surface area (Å²) < 4.78 is 16.9. The number of carbonyl (C=O) groups excluding carboxylic acids is 2. The van der Waals surface area contributed by atoms with Crippen LogP contribution in [0.4, 0.5) is 0 Å². The van der Waals surface area contributed by atoms with Crippen LogP contribution in [0.15, 0.2) is 42.5 Å². The molecular weight excluding hydrogens is 332 g/mol. The third-order valence-electron chi connectivity index (χ3n) is 4.85. The highest BCUT2D eigenvalue weighted by Gasteiger charge is 2.48. The molecule has 26 heavy (non-hydrogen) atoms. The number of hydrogen-bond donors (Lipinski definition) is 0. The number of methoxy groups -OCH3 is 1. The van der Waals surface area contributed by atoms with E-state index in [1.165, 1.54) is 0 Å². The molecule has 5 nitrogen and oxygen atoms in total. The third-order valence-corrected chi connectivity index (χ3v) is 4.85. The highest BCUT2D eigenvalue weighted by molar-refractivity contribution is 5.87. The molecule has 0 bridgehead atoms.